The highest BCUT2D eigenvalue weighted by Crippen LogP contribution is 2.17. The number of carbonyl (C=O) groups excluding carboxylic acids is 1. The van der Waals surface area contributed by atoms with Crippen molar-refractivity contribution in [1.29, 1.82) is 0 Å². The molecule has 0 aromatic carbocycles. The Balaban J connectivity index is 3.44. The maximum Gasteiger partial charge on any atom is 0.220 e. The van der Waals surface area contributed by atoms with Crippen molar-refractivity contribution in [2.24, 2.45) is 0 Å². The summed E-state index contributed by atoms with van der Waals surface area (Å²) < 4.78 is 0. The lowest BCUT2D eigenvalue weighted by molar-refractivity contribution is -0.123. The van der Waals surface area contributed by atoms with Crippen LogP contribution in [0.5, 0.6) is 0 Å². The monoisotopic (exact) mass is 762 g/mol. The summed E-state index contributed by atoms with van der Waals surface area (Å²) >= 11 is 0. The molecule has 0 radical (unpaired) electrons. The molecule has 2 unspecified atom stereocenters. The molecule has 322 valence electrons. The fourth-order valence-electron chi connectivity index (χ4n) is 7.95. The summed E-state index contributed by atoms with van der Waals surface area (Å²) in [5, 5.41) is 23.2. The van der Waals surface area contributed by atoms with Crippen LogP contribution in [-0.2, 0) is 4.79 Å². The Labute approximate surface area is 339 Å². The van der Waals surface area contributed by atoms with E-state index in [9.17, 15) is 15.0 Å². The van der Waals surface area contributed by atoms with Crippen LogP contribution in [0, 0.1) is 0 Å². The van der Waals surface area contributed by atoms with Crippen LogP contribution in [0.15, 0.2) is 12.2 Å². The number of carbonyl (C=O) groups is 1. The van der Waals surface area contributed by atoms with Gasteiger partial charge in [-0.15, -0.1) is 0 Å². The van der Waals surface area contributed by atoms with E-state index in [0.29, 0.717) is 12.8 Å². The van der Waals surface area contributed by atoms with Gasteiger partial charge in [0.15, 0.2) is 0 Å². The van der Waals surface area contributed by atoms with Crippen LogP contribution in [0.2, 0.25) is 0 Å². The summed E-state index contributed by atoms with van der Waals surface area (Å²) in [5.41, 5.74) is 0. The van der Waals surface area contributed by atoms with Crippen molar-refractivity contribution in [3.8, 4) is 0 Å². The number of amides is 1. The van der Waals surface area contributed by atoms with Gasteiger partial charge in [0.1, 0.15) is 0 Å². The predicted molar refractivity (Wildman–Crippen MR) is 239 cm³/mol. The Hall–Kier alpha value is -0.870. The number of aliphatic hydroxyl groups is 2. The van der Waals surface area contributed by atoms with E-state index in [2.05, 4.69) is 31.3 Å². The standard InChI is InChI=1S/C50H99NO3/c1-3-5-7-9-11-13-15-17-19-21-22-23-24-25-26-27-28-29-30-31-33-35-37-39-41-43-45-49(53)48(47-52)51-50(54)46-44-42-40-38-36-34-32-20-18-16-14-12-10-8-6-4-2/h20,32,48-49,52-53H,3-19,21-31,33-47H2,1-2H3,(H,51,54)/b32-20-. The van der Waals surface area contributed by atoms with Gasteiger partial charge in [0.05, 0.1) is 18.8 Å². The lowest BCUT2D eigenvalue weighted by atomic mass is 10.0. The van der Waals surface area contributed by atoms with Crippen LogP contribution < -0.4 is 5.32 Å². The predicted octanol–water partition coefficient (Wildman–Crippen LogP) is 15.8. The average molecular weight is 762 g/mol. The largest absolute Gasteiger partial charge is 0.394 e. The zero-order valence-corrected chi connectivity index (χ0v) is 37.0. The molecule has 0 aliphatic carbocycles. The highest BCUT2D eigenvalue weighted by atomic mass is 16.3. The summed E-state index contributed by atoms with van der Waals surface area (Å²) in [6, 6.07) is -0.537. The van der Waals surface area contributed by atoms with Crippen molar-refractivity contribution in [2.45, 2.75) is 296 Å². The number of aliphatic hydroxyl groups excluding tert-OH is 2. The molecule has 0 aliphatic heterocycles. The molecule has 0 aliphatic rings. The Kier molecular flexibility index (Phi) is 45.8. The smallest absolute Gasteiger partial charge is 0.220 e. The molecular weight excluding hydrogens is 663 g/mol. The van der Waals surface area contributed by atoms with E-state index in [1.54, 1.807) is 0 Å². The molecule has 54 heavy (non-hydrogen) atoms. The first-order valence-electron chi connectivity index (χ1n) is 24.9. The fourth-order valence-corrected chi connectivity index (χ4v) is 7.95. The minimum Gasteiger partial charge on any atom is -0.394 e. The highest BCUT2D eigenvalue weighted by Gasteiger charge is 2.20. The van der Waals surface area contributed by atoms with Crippen molar-refractivity contribution in [2.75, 3.05) is 6.61 Å². The zero-order valence-electron chi connectivity index (χ0n) is 37.0. The van der Waals surface area contributed by atoms with Crippen molar-refractivity contribution in [1.82, 2.24) is 5.32 Å². The molecule has 0 aromatic rings. The molecular formula is C50H99NO3. The fraction of sp³-hybridized carbons (Fsp3) is 0.940. The molecule has 3 N–H and O–H groups in total. The molecule has 1 amide bonds. The lowest BCUT2D eigenvalue weighted by Crippen LogP contribution is -2.45. The summed E-state index contributed by atoms with van der Waals surface area (Å²) in [6.45, 7) is 4.38. The van der Waals surface area contributed by atoms with Gasteiger partial charge in [0.25, 0.3) is 0 Å². The maximum atomic E-state index is 12.4. The Morgan fingerprint density at radius 3 is 1.02 bits per heavy atom. The summed E-state index contributed by atoms with van der Waals surface area (Å²) in [4.78, 5) is 12.4. The first-order chi connectivity index (χ1) is 26.7. The summed E-state index contributed by atoms with van der Waals surface area (Å²) in [7, 11) is 0. The molecule has 2 atom stereocenters. The highest BCUT2D eigenvalue weighted by molar-refractivity contribution is 5.76. The average Bonchev–Trinajstić information content (AvgIpc) is 3.18. The molecule has 0 heterocycles. The van der Waals surface area contributed by atoms with Crippen molar-refractivity contribution in [3.05, 3.63) is 12.2 Å². The van der Waals surface area contributed by atoms with E-state index in [4.69, 9.17) is 0 Å². The molecule has 0 fully saturated rings. The van der Waals surface area contributed by atoms with Gasteiger partial charge >= 0.3 is 0 Å². The number of unbranched alkanes of at least 4 members (excludes halogenated alkanes) is 37. The van der Waals surface area contributed by atoms with Crippen molar-refractivity contribution in [3.63, 3.8) is 0 Å². The number of hydrogen-bond donors (Lipinski definition) is 3. The van der Waals surface area contributed by atoms with Crippen molar-refractivity contribution < 1.29 is 15.0 Å². The molecule has 0 aromatic heterocycles. The Bertz CT molecular complexity index is 739. The SMILES string of the molecule is CCCCCCCCC/C=C\CCCCCCCC(=O)NC(CO)C(O)CCCCCCCCCCCCCCCCCCCCCCCCCCCC. The first-order valence-corrected chi connectivity index (χ1v) is 24.9. The topological polar surface area (TPSA) is 69.6 Å². The number of rotatable bonds is 46. The van der Waals surface area contributed by atoms with Gasteiger partial charge in [-0.1, -0.05) is 251 Å². The van der Waals surface area contributed by atoms with E-state index >= 15 is 0 Å². The van der Waals surface area contributed by atoms with E-state index in [1.165, 1.54) is 231 Å². The van der Waals surface area contributed by atoms with Crippen LogP contribution in [0.25, 0.3) is 0 Å². The molecule has 0 spiro atoms. The van der Waals surface area contributed by atoms with E-state index < -0.39 is 12.1 Å². The zero-order chi connectivity index (χ0) is 39.3. The Morgan fingerprint density at radius 1 is 0.426 bits per heavy atom. The second kappa shape index (κ2) is 46.5. The van der Waals surface area contributed by atoms with Gasteiger partial charge in [-0.25, -0.2) is 0 Å². The molecule has 0 rings (SSSR count). The molecule has 4 nitrogen and oxygen atoms in total. The normalized spacial score (nSPS) is 12.9. The minimum absolute atomic E-state index is 0.0357. The van der Waals surface area contributed by atoms with E-state index in [0.717, 1.165) is 25.7 Å². The maximum absolute atomic E-state index is 12.4. The van der Waals surface area contributed by atoms with Gasteiger partial charge in [-0.2, -0.15) is 0 Å². The number of nitrogens with one attached hydrogen (secondary N) is 1. The molecule has 0 bridgehead atoms. The minimum atomic E-state index is -0.660. The van der Waals surface area contributed by atoms with E-state index in [-0.39, 0.29) is 12.5 Å². The third-order valence-corrected chi connectivity index (χ3v) is 11.8. The van der Waals surface area contributed by atoms with Gasteiger partial charge in [0.2, 0.25) is 5.91 Å². The van der Waals surface area contributed by atoms with Crippen LogP contribution in [0.1, 0.15) is 284 Å². The number of hydrogen-bond acceptors (Lipinski definition) is 3. The quantitative estimate of drug-likeness (QED) is 0.0427. The van der Waals surface area contributed by atoms with Crippen LogP contribution in [0.3, 0.4) is 0 Å². The Morgan fingerprint density at radius 2 is 0.704 bits per heavy atom. The van der Waals surface area contributed by atoms with Gasteiger partial charge in [-0.3, -0.25) is 4.79 Å². The number of allylic oxidation sites excluding steroid dienone is 2. The third-order valence-electron chi connectivity index (χ3n) is 11.8. The molecule has 0 saturated carbocycles. The van der Waals surface area contributed by atoms with E-state index in [1.807, 2.05) is 0 Å². The molecule has 0 saturated heterocycles. The van der Waals surface area contributed by atoms with Crippen molar-refractivity contribution >= 4 is 5.91 Å². The van der Waals surface area contributed by atoms with Crippen LogP contribution >= 0.6 is 0 Å². The van der Waals surface area contributed by atoms with Crippen LogP contribution in [0.4, 0.5) is 0 Å². The molecule has 4 heteroatoms. The first kappa shape index (κ1) is 53.1. The summed E-state index contributed by atoms with van der Waals surface area (Å²) in [5.74, 6) is -0.0357. The second-order valence-electron chi connectivity index (χ2n) is 17.2. The lowest BCUT2D eigenvalue weighted by Gasteiger charge is -2.22. The third kappa shape index (κ3) is 42.3. The van der Waals surface area contributed by atoms with Gasteiger partial charge in [0, 0.05) is 6.42 Å². The van der Waals surface area contributed by atoms with Gasteiger partial charge in [-0.05, 0) is 38.5 Å². The van der Waals surface area contributed by atoms with Gasteiger partial charge < -0.3 is 15.5 Å². The second-order valence-corrected chi connectivity index (χ2v) is 17.2. The van der Waals surface area contributed by atoms with Crippen LogP contribution in [-0.4, -0.2) is 34.9 Å². The summed E-state index contributed by atoms with van der Waals surface area (Å²) in [6.07, 6.45) is 58.9.